The van der Waals surface area contributed by atoms with Gasteiger partial charge < -0.3 is 19.7 Å². The molecule has 0 atom stereocenters. The molecule has 0 saturated heterocycles. The molecule has 0 aromatic heterocycles. The summed E-state index contributed by atoms with van der Waals surface area (Å²) in [5, 5.41) is 2.74. The van der Waals surface area contributed by atoms with Crippen molar-refractivity contribution in [3.63, 3.8) is 0 Å². The van der Waals surface area contributed by atoms with Crippen LogP contribution in [0.4, 0.5) is 5.69 Å². The number of halogens is 1. The van der Waals surface area contributed by atoms with Gasteiger partial charge in [-0.3, -0.25) is 9.59 Å². The number of nitrogens with zero attached hydrogens (tertiary/aromatic N) is 1. The molecule has 8 heteroatoms. The molecule has 0 fully saturated rings. The number of amides is 2. The summed E-state index contributed by atoms with van der Waals surface area (Å²) in [6, 6.07) is 19.7. The fraction of sp³-hybridized carbons (Fsp3) is 0.222. The van der Waals surface area contributed by atoms with Crippen molar-refractivity contribution < 1.29 is 23.9 Å². The van der Waals surface area contributed by atoms with E-state index in [2.05, 4.69) is 21.2 Å². The molecule has 3 aromatic rings. The largest absolute Gasteiger partial charge is 0.483 e. The summed E-state index contributed by atoms with van der Waals surface area (Å²) in [7, 11) is 0. The Labute approximate surface area is 212 Å². The molecule has 4 rings (SSSR count). The summed E-state index contributed by atoms with van der Waals surface area (Å²) < 4.78 is 11.7. The van der Waals surface area contributed by atoms with Crippen LogP contribution in [0.3, 0.4) is 0 Å². The Morgan fingerprint density at radius 1 is 1.03 bits per heavy atom. The molecule has 180 valence electrons. The van der Waals surface area contributed by atoms with Gasteiger partial charge in [0.1, 0.15) is 5.75 Å². The second-order valence-corrected chi connectivity index (χ2v) is 8.94. The maximum Gasteiger partial charge on any atom is 0.338 e. The maximum atomic E-state index is 13.1. The van der Waals surface area contributed by atoms with Crippen molar-refractivity contribution in [3.05, 3.63) is 93.5 Å². The normalized spacial score (nSPS) is 12.6. The van der Waals surface area contributed by atoms with Crippen LogP contribution in [0.5, 0.6) is 5.75 Å². The van der Waals surface area contributed by atoms with Crippen molar-refractivity contribution in [2.75, 3.05) is 25.1 Å². The molecule has 1 aliphatic heterocycles. The first kappa shape index (κ1) is 24.5. The standard InChI is InChI=1S/C27H25BrN2O5/c1-2-34-27(33)19-8-12-21(13-9-19)29-25(31)17-35-24-5-3-4-23-22(24)14-15-30(26(23)32)16-18-6-10-20(28)11-7-18/h3-13H,2,14-17H2,1H3,(H,29,31). The molecule has 0 spiro atoms. The number of carbonyl (C=O) groups is 3. The minimum atomic E-state index is -0.410. The highest BCUT2D eigenvalue weighted by Crippen LogP contribution is 2.29. The second kappa shape index (κ2) is 11.2. The summed E-state index contributed by atoms with van der Waals surface area (Å²) in [6.07, 6.45) is 0.644. The van der Waals surface area contributed by atoms with Crippen LogP contribution >= 0.6 is 15.9 Å². The van der Waals surface area contributed by atoms with Crippen LogP contribution in [0.1, 0.15) is 38.8 Å². The lowest BCUT2D eigenvalue weighted by Gasteiger charge is -2.29. The predicted molar refractivity (Wildman–Crippen MR) is 136 cm³/mol. The van der Waals surface area contributed by atoms with Crippen molar-refractivity contribution in [2.45, 2.75) is 19.9 Å². The van der Waals surface area contributed by atoms with Crippen LogP contribution in [0.15, 0.2) is 71.2 Å². The summed E-state index contributed by atoms with van der Waals surface area (Å²) >= 11 is 3.43. The van der Waals surface area contributed by atoms with Crippen LogP contribution in [0.25, 0.3) is 0 Å². The van der Waals surface area contributed by atoms with Gasteiger partial charge in [-0.2, -0.15) is 0 Å². The highest BCUT2D eigenvalue weighted by Gasteiger charge is 2.27. The lowest BCUT2D eigenvalue weighted by Crippen LogP contribution is -2.37. The lowest BCUT2D eigenvalue weighted by atomic mass is 9.97. The molecule has 0 saturated carbocycles. The van der Waals surface area contributed by atoms with Gasteiger partial charge in [0.15, 0.2) is 6.61 Å². The van der Waals surface area contributed by atoms with Gasteiger partial charge in [-0.1, -0.05) is 34.1 Å². The predicted octanol–water partition coefficient (Wildman–Crippen LogP) is 4.84. The first-order valence-corrected chi connectivity index (χ1v) is 12.1. The number of benzene rings is 3. The summed E-state index contributed by atoms with van der Waals surface area (Å²) in [4.78, 5) is 39.1. The maximum absolute atomic E-state index is 13.1. The van der Waals surface area contributed by atoms with Gasteiger partial charge in [0.25, 0.3) is 11.8 Å². The van der Waals surface area contributed by atoms with Gasteiger partial charge in [-0.05, 0) is 67.4 Å². The van der Waals surface area contributed by atoms with Gasteiger partial charge in [-0.25, -0.2) is 4.79 Å². The van der Waals surface area contributed by atoms with Gasteiger partial charge in [0.2, 0.25) is 0 Å². The Morgan fingerprint density at radius 2 is 1.77 bits per heavy atom. The Morgan fingerprint density at radius 3 is 2.49 bits per heavy atom. The van der Waals surface area contributed by atoms with E-state index in [0.29, 0.717) is 48.7 Å². The average Bonchev–Trinajstić information content (AvgIpc) is 2.86. The molecular formula is C27H25BrN2O5. The molecular weight excluding hydrogens is 512 g/mol. The molecule has 1 heterocycles. The van der Waals surface area contributed by atoms with Gasteiger partial charge in [-0.15, -0.1) is 0 Å². The number of fused-ring (bicyclic) bond motifs is 1. The number of esters is 1. The molecule has 35 heavy (non-hydrogen) atoms. The minimum absolute atomic E-state index is 0.0502. The van der Waals surface area contributed by atoms with E-state index in [0.717, 1.165) is 15.6 Å². The van der Waals surface area contributed by atoms with Crippen LogP contribution in [-0.2, 0) is 22.5 Å². The Kier molecular flexibility index (Phi) is 7.82. The molecule has 0 bridgehead atoms. The monoisotopic (exact) mass is 536 g/mol. The molecule has 0 radical (unpaired) electrons. The van der Waals surface area contributed by atoms with Crippen molar-refractivity contribution in [2.24, 2.45) is 0 Å². The van der Waals surface area contributed by atoms with E-state index >= 15 is 0 Å². The summed E-state index contributed by atoms with van der Waals surface area (Å²) in [5.41, 5.74) is 3.43. The number of carbonyl (C=O) groups excluding carboxylic acids is 3. The van der Waals surface area contributed by atoms with E-state index in [9.17, 15) is 14.4 Å². The Balaban J connectivity index is 1.36. The van der Waals surface area contributed by atoms with Gasteiger partial charge >= 0.3 is 5.97 Å². The van der Waals surface area contributed by atoms with Crippen LogP contribution in [0.2, 0.25) is 0 Å². The summed E-state index contributed by atoms with van der Waals surface area (Å²) in [5.74, 6) is -0.268. The third-order valence-electron chi connectivity index (χ3n) is 5.61. The Hall–Kier alpha value is -3.65. The first-order chi connectivity index (χ1) is 16.9. The van der Waals surface area contributed by atoms with Crippen LogP contribution in [-0.4, -0.2) is 42.4 Å². The summed E-state index contributed by atoms with van der Waals surface area (Å²) in [6.45, 7) is 2.95. The quantitative estimate of drug-likeness (QED) is 0.416. The minimum Gasteiger partial charge on any atom is -0.483 e. The number of hydrogen-bond donors (Lipinski definition) is 1. The number of ether oxygens (including phenoxy) is 2. The molecule has 0 aliphatic carbocycles. The smallest absolute Gasteiger partial charge is 0.338 e. The zero-order chi connectivity index (χ0) is 24.8. The van der Waals surface area contributed by atoms with E-state index in [1.807, 2.05) is 29.2 Å². The zero-order valence-corrected chi connectivity index (χ0v) is 20.8. The van der Waals surface area contributed by atoms with E-state index in [1.54, 1.807) is 49.4 Å². The average molecular weight is 537 g/mol. The van der Waals surface area contributed by atoms with E-state index in [-0.39, 0.29) is 18.4 Å². The zero-order valence-electron chi connectivity index (χ0n) is 19.3. The molecule has 0 unspecified atom stereocenters. The molecule has 7 nitrogen and oxygen atoms in total. The number of anilines is 1. The highest BCUT2D eigenvalue weighted by molar-refractivity contribution is 9.10. The number of nitrogens with one attached hydrogen (secondary N) is 1. The number of rotatable bonds is 8. The fourth-order valence-corrected chi connectivity index (χ4v) is 4.15. The highest BCUT2D eigenvalue weighted by atomic mass is 79.9. The Bertz CT molecular complexity index is 1230. The fourth-order valence-electron chi connectivity index (χ4n) is 3.88. The van der Waals surface area contributed by atoms with Gasteiger partial charge in [0.05, 0.1) is 12.2 Å². The topological polar surface area (TPSA) is 84.9 Å². The van der Waals surface area contributed by atoms with Crippen molar-refractivity contribution in [3.8, 4) is 5.75 Å². The SMILES string of the molecule is CCOC(=O)c1ccc(NC(=O)COc2cccc3c2CCN(Cc2ccc(Br)cc2)C3=O)cc1. The van der Waals surface area contributed by atoms with Crippen molar-refractivity contribution >= 4 is 39.4 Å². The molecule has 1 N–H and O–H groups in total. The third kappa shape index (κ3) is 6.08. The van der Waals surface area contributed by atoms with Crippen LogP contribution < -0.4 is 10.1 Å². The number of hydrogen-bond acceptors (Lipinski definition) is 5. The molecule has 2 amide bonds. The van der Waals surface area contributed by atoms with Crippen molar-refractivity contribution in [1.82, 2.24) is 4.90 Å². The second-order valence-electron chi connectivity index (χ2n) is 8.02. The van der Waals surface area contributed by atoms with E-state index in [1.165, 1.54) is 0 Å². The van der Waals surface area contributed by atoms with E-state index < -0.39 is 5.97 Å². The van der Waals surface area contributed by atoms with Gasteiger partial charge in [0, 0.05) is 34.4 Å². The first-order valence-electron chi connectivity index (χ1n) is 11.3. The third-order valence-corrected chi connectivity index (χ3v) is 6.14. The molecule has 3 aromatic carbocycles. The lowest BCUT2D eigenvalue weighted by molar-refractivity contribution is -0.118. The van der Waals surface area contributed by atoms with Crippen LogP contribution in [0, 0.1) is 0 Å². The molecule has 1 aliphatic rings. The van der Waals surface area contributed by atoms with Crippen molar-refractivity contribution in [1.29, 1.82) is 0 Å². The van der Waals surface area contributed by atoms with E-state index in [4.69, 9.17) is 9.47 Å².